The summed E-state index contributed by atoms with van der Waals surface area (Å²) in [5, 5.41) is 0. The van der Waals surface area contributed by atoms with Gasteiger partial charge in [0.25, 0.3) is 0 Å². The first-order valence-corrected chi connectivity index (χ1v) is 3.14. The first-order chi connectivity index (χ1) is 4.29. The number of ketones is 1. The zero-order chi connectivity index (χ0) is 6.69. The zero-order valence-corrected chi connectivity index (χ0v) is 5.55. The number of Topliss-reactive ketones (excluding diaryl/α,β-unsaturated/α-hetero) is 1. The molecule has 0 unspecified atom stereocenters. The van der Waals surface area contributed by atoms with Crippen LogP contribution in [0.5, 0.6) is 0 Å². The predicted octanol–water partition coefficient (Wildman–Crippen LogP) is 1.85. The number of hydrogen-bond donors (Lipinski definition) is 0. The highest BCUT2D eigenvalue weighted by molar-refractivity contribution is 5.78. The number of rotatable bonds is 2. The van der Waals surface area contributed by atoms with Crippen LogP contribution in [-0.4, -0.2) is 5.78 Å². The number of carbonyl (C=O) groups is 1. The van der Waals surface area contributed by atoms with Gasteiger partial charge >= 0.3 is 0 Å². The Hall–Kier alpha value is -0.850. The van der Waals surface area contributed by atoms with Gasteiger partial charge in [-0.05, 0) is 18.9 Å². The Kier molecular flexibility index (Phi) is 1.83. The second kappa shape index (κ2) is 2.62. The Morgan fingerprint density at radius 1 is 1.78 bits per heavy atom. The van der Waals surface area contributed by atoms with Crippen molar-refractivity contribution in [2.24, 2.45) is 0 Å². The Morgan fingerprint density at radius 3 is 3.00 bits per heavy atom. The molecule has 0 amide bonds. The van der Waals surface area contributed by atoms with Gasteiger partial charge in [0.05, 0.1) is 0 Å². The van der Waals surface area contributed by atoms with E-state index in [0.29, 0.717) is 6.42 Å². The lowest BCUT2D eigenvalue weighted by Crippen LogP contribution is -1.89. The van der Waals surface area contributed by atoms with E-state index in [-0.39, 0.29) is 5.78 Å². The molecule has 0 atom stereocenters. The molecule has 1 rings (SSSR count). The molecule has 0 radical (unpaired) electrons. The standard InChI is InChI=1S/C8H10O/c1-7(9)6-8-4-2-3-5-8/h2,4-5H,3,6H2,1H3. The van der Waals surface area contributed by atoms with Gasteiger partial charge in [-0.1, -0.05) is 18.2 Å². The number of allylic oxidation sites excluding steroid dienone is 4. The molecule has 9 heavy (non-hydrogen) atoms. The van der Waals surface area contributed by atoms with E-state index in [1.807, 2.05) is 6.08 Å². The molecule has 0 spiro atoms. The van der Waals surface area contributed by atoms with E-state index in [4.69, 9.17) is 0 Å². The van der Waals surface area contributed by atoms with Crippen molar-refractivity contribution < 1.29 is 4.79 Å². The molecule has 0 saturated carbocycles. The van der Waals surface area contributed by atoms with Crippen LogP contribution >= 0.6 is 0 Å². The molecule has 1 aliphatic rings. The predicted molar refractivity (Wildman–Crippen MR) is 37.1 cm³/mol. The summed E-state index contributed by atoms with van der Waals surface area (Å²) >= 11 is 0. The van der Waals surface area contributed by atoms with Crippen molar-refractivity contribution in [1.82, 2.24) is 0 Å². The summed E-state index contributed by atoms with van der Waals surface area (Å²) in [5.41, 5.74) is 1.17. The summed E-state index contributed by atoms with van der Waals surface area (Å²) in [6.45, 7) is 1.62. The fraction of sp³-hybridized carbons (Fsp3) is 0.375. The van der Waals surface area contributed by atoms with E-state index < -0.39 is 0 Å². The minimum atomic E-state index is 0.243. The third kappa shape index (κ3) is 1.84. The lowest BCUT2D eigenvalue weighted by molar-refractivity contribution is -0.116. The molecule has 0 bridgehead atoms. The van der Waals surface area contributed by atoms with Gasteiger partial charge in [0, 0.05) is 6.42 Å². The van der Waals surface area contributed by atoms with Gasteiger partial charge in [-0.25, -0.2) is 0 Å². The molecule has 0 saturated heterocycles. The topological polar surface area (TPSA) is 17.1 Å². The van der Waals surface area contributed by atoms with Crippen LogP contribution < -0.4 is 0 Å². The lowest BCUT2D eigenvalue weighted by atomic mass is 10.1. The summed E-state index contributed by atoms with van der Waals surface area (Å²) in [6.07, 6.45) is 7.78. The SMILES string of the molecule is CC(=O)CC1=CCC=C1. The summed E-state index contributed by atoms with van der Waals surface area (Å²) in [5.74, 6) is 0.243. The lowest BCUT2D eigenvalue weighted by Gasteiger charge is -1.90. The van der Waals surface area contributed by atoms with Crippen LogP contribution in [0.3, 0.4) is 0 Å². The molecule has 1 aliphatic carbocycles. The van der Waals surface area contributed by atoms with Crippen molar-refractivity contribution in [2.45, 2.75) is 19.8 Å². The number of hydrogen-bond acceptors (Lipinski definition) is 1. The quantitative estimate of drug-likeness (QED) is 0.546. The molecule has 0 aliphatic heterocycles. The van der Waals surface area contributed by atoms with Crippen LogP contribution in [0.15, 0.2) is 23.8 Å². The average molecular weight is 122 g/mol. The van der Waals surface area contributed by atoms with E-state index in [9.17, 15) is 4.79 Å². The molecule has 1 heteroatoms. The second-order valence-corrected chi connectivity index (χ2v) is 2.30. The fourth-order valence-electron chi connectivity index (χ4n) is 0.925. The highest BCUT2D eigenvalue weighted by Crippen LogP contribution is 2.12. The monoisotopic (exact) mass is 122 g/mol. The smallest absolute Gasteiger partial charge is 0.134 e. The van der Waals surface area contributed by atoms with Crippen molar-refractivity contribution >= 4 is 5.78 Å². The van der Waals surface area contributed by atoms with E-state index in [1.165, 1.54) is 5.57 Å². The van der Waals surface area contributed by atoms with Crippen LogP contribution in [0.2, 0.25) is 0 Å². The average Bonchev–Trinajstić information content (AvgIpc) is 2.15. The summed E-state index contributed by atoms with van der Waals surface area (Å²) < 4.78 is 0. The first-order valence-electron chi connectivity index (χ1n) is 3.14. The summed E-state index contributed by atoms with van der Waals surface area (Å²) in [4.78, 5) is 10.5. The van der Waals surface area contributed by atoms with Gasteiger partial charge in [0.15, 0.2) is 0 Å². The molecule has 0 N–H and O–H groups in total. The van der Waals surface area contributed by atoms with Crippen molar-refractivity contribution in [3.63, 3.8) is 0 Å². The van der Waals surface area contributed by atoms with Crippen LogP contribution in [0, 0.1) is 0 Å². The highest BCUT2D eigenvalue weighted by Gasteiger charge is 1.99. The van der Waals surface area contributed by atoms with Crippen LogP contribution in [0.4, 0.5) is 0 Å². The van der Waals surface area contributed by atoms with Crippen molar-refractivity contribution in [1.29, 1.82) is 0 Å². The van der Waals surface area contributed by atoms with Crippen LogP contribution in [-0.2, 0) is 4.79 Å². The van der Waals surface area contributed by atoms with E-state index in [0.717, 1.165) is 6.42 Å². The molecule has 0 fully saturated rings. The minimum absolute atomic E-state index is 0.243. The van der Waals surface area contributed by atoms with Gasteiger partial charge in [-0.2, -0.15) is 0 Å². The van der Waals surface area contributed by atoms with Crippen LogP contribution in [0.1, 0.15) is 19.8 Å². The molecule has 0 heterocycles. The third-order valence-corrected chi connectivity index (χ3v) is 1.30. The Bertz CT molecular complexity index is 175. The normalized spacial score (nSPS) is 15.9. The Balaban J connectivity index is 2.45. The van der Waals surface area contributed by atoms with Gasteiger partial charge in [-0.3, -0.25) is 4.79 Å². The largest absolute Gasteiger partial charge is 0.300 e. The Morgan fingerprint density at radius 2 is 2.56 bits per heavy atom. The second-order valence-electron chi connectivity index (χ2n) is 2.30. The molecule has 0 aromatic carbocycles. The minimum Gasteiger partial charge on any atom is -0.300 e. The molecule has 1 nitrogen and oxygen atoms in total. The fourth-order valence-corrected chi connectivity index (χ4v) is 0.925. The first kappa shape index (κ1) is 6.27. The molecular weight excluding hydrogens is 112 g/mol. The highest BCUT2D eigenvalue weighted by atomic mass is 16.1. The maximum atomic E-state index is 10.5. The van der Waals surface area contributed by atoms with Gasteiger partial charge in [-0.15, -0.1) is 0 Å². The molecular formula is C8H10O. The van der Waals surface area contributed by atoms with Crippen molar-refractivity contribution in [2.75, 3.05) is 0 Å². The molecule has 48 valence electrons. The van der Waals surface area contributed by atoms with E-state index >= 15 is 0 Å². The van der Waals surface area contributed by atoms with Crippen molar-refractivity contribution in [3.05, 3.63) is 23.8 Å². The molecule has 0 aromatic rings. The van der Waals surface area contributed by atoms with E-state index in [1.54, 1.807) is 6.92 Å². The van der Waals surface area contributed by atoms with Gasteiger partial charge in [0.1, 0.15) is 5.78 Å². The van der Waals surface area contributed by atoms with Gasteiger partial charge < -0.3 is 0 Å². The zero-order valence-electron chi connectivity index (χ0n) is 5.55. The maximum Gasteiger partial charge on any atom is 0.134 e. The summed E-state index contributed by atoms with van der Waals surface area (Å²) in [7, 11) is 0. The van der Waals surface area contributed by atoms with Gasteiger partial charge in [0.2, 0.25) is 0 Å². The summed E-state index contributed by atoms with van der Waals surface area (Å²) in [6, 6.07) is 0. The third-order valence-electron chi connectivity index (χ3n) is 1.30. The Labute approximate surface area is 55.1 Å². The van der Waals surface area contributed by atoms with Crippen molar-refractivity contribution in [3.8, 4) is 0 Å². The van der Waals surface area contributed by atoms with E-state index in [2.05, 4.69) is 12.2 Å². The number of carbonyl (C=O) groups excluding carboxylic acids is 1. The maximum absolute atomic E-state index is 10.5. The molecule has 0 aromatic heterocycles. The van der Waals surface area contributed by atoms with Crippen LogP contribution in [0.25, 0.3) is 0 Å².